The number of carbonyl (C=O) groups excluding carboxylic acids is 1. The van der Waals surface area contributed by atoms with Gasteiger partial charge in [0.25, 0.3) is 0 Å². The Balaban J connectivity index is 2.74. The zero-order valence-electron chi connectivity index (χ0n) is 15.3. The van der Waals surface area contributed by atoms with Gasteiger partial charge in [0.15, 0.2) is 0 Å². The Morgan fingerprint density at radius 3 is 2.16 bits per heavy atom. The number of hydrogen-bond acceptors (Lipinski definition) is 6. The van der Waals surface area contributed by atoms with E-state index >= 15 is 0 Å². The first-order valence-electron chi connectivity index (χ1n) is 8.15. The van der Waals surface area contributed by atoms with Crippen LogP contribution in [0.4, 0.5) is 5.82 Å². The summed E-state index contributed by atoms with van der Waals surface area (Å²) in [6.45, 7) is 5.69. The zero-order valence-corrected chi connectivity index (χ0v) is 15.3. The smallest absolute Gasteiger partial charge is 0.343 e. The van der Waals surface area contributed by atoms with Crippen molar-refractivity contribution in [3.63, 3.8) is 0 Å². The van der Waals surface area contributed by atoms with Crippen molar-refractivity contribution >= 4 is 11.8 Å². The lowest BCUT2D eigenvalue weighted by atomic mass is 10.0. The van der Waals surface area contributed by atoms with E-state index in [1.807, 2.05) is 24.3 Å². The Labute approximate surface area is 148 Å². The fraction of sp³-hybridized carbons (Fsp3) is 0.368. The molecule has 0 radical (unpaired) electrons. The highest BCUT2D eigenvalue weighted by molar-refractivity contribution is 5.97. The quantitative estimate of drug-likeness (QED) is 0.718. The molecule has 0 N–H and O–H groups in total. The Morgan fingerprint density at radius 2 is 1.68 bits per heavy atom. The van der Waals surface area contributed by atoms with Crippen molar-refractivity contribution in [3.05, 3.63) is 36.0 Å². The molecule has 2 rings (SSSR count). The number of rotatable bonds is 7. The third-order valence-electron chi connectivity index (χ3n) is 4.06. The van der Waals surface area contributed by atoms with E-state index in [1.165, 1.54) is 13.3 Å². The molecule has 0 fully saturated rings. The highest BCUT2D eigenvalue weighted by Gasteiger charge is 2.24. The molecule has 25 heavy (non-hydrogen) atoms. The van der Waals surface area contributed by atoms with Gasteiger partial charge in [0.1, 0.15) is 22.9 Å². The summed E-state index contributed by atoms with van der Waals surface area (Å²) in [6.07, 6.45) is 1.51. The first kappa shape index (κ1) is 18.6. The number of hydrogen-bond donors (Lipinski definition) is 0. The molecule has 0 spiro atoms. The molecule has 0 atom stereocenters. The summed E-state index contributed by atoms with van der Waals surface area (Å²) in [5.74, 6) is 1.49. The van der Waals surface area contributed by atoms with E-state index in [0.717, 1.165) is 35.8 Å². The highest BCUT2D eigenvalue weighted by Crippen LogP contribution is 2.40. The van der Waals surface area contributed by atoms with Crippen molar-refractivity contribution < 1.29 is 19.0 Å². The van der Waals surface area contributed by atoms with Crippen molar-refractivity contribution in [1.82, 2.24) is 4.98 Å². The summed E-state index contributed by atoms with van der Waals surface area (Å²) >= 11 is 0. The van der Waals surface area contributed by atoms with Crippen LogP contribution < -0.4 is 14.4 Å². The Morgan fingerprint density at radius 1 is 1.04 bits per heavy atom. The van der Waals surface area contributed by atoms with Gasteiger partial charge in [0.2, 0.25) is 0 Å². The topological polar surface area (TPSA) is 60.9 Å². The van der Waals surface area contributed by atoms with E-state index in [1.54, 1.807) is 14.2 Å². The maximum atomic E-state index is 12.1. The second-order valence-electron chi connectivity index (χ2n) is 5.30. The van der Waals surface area contributed by atoms with Gasteiger partial charge < -0.3 is 19.1 Å². The van der Waals surface area contributed by atoms with Gasteiger partial charge in [0, 0.05) is 19.3 Å². The van der Waals surface area contributed by atoms with Crippen molar-refractivity contribution in [2.24, 2.45) is 0 Å². The minimum absolute atomic E-state index is 0.298. The lowest BCUT2D eigenvalue weighted by Gasteiger charge is -2.25. The lowest BCUT2D eigenvalue weighted by molar-refractivity contribution is 0.0596. The maximum absolute atomic E-state index is 12.1. The second kappa shape index (κ2) is 8.37. The number of carbonyl (C=O) groups is 1. The van der Waals surface area contributed by atoms with E-state index in [4.69, 9.17) is 14.2 Å². The molecular formula is C19H24N2O4. The van der Waals surface area contributed by atoms with Crippen LogP contribution in [0.5, 0.6) is 11.5 Å². The molecule has 0 bridgehead atoms. The molecule has 6 heteroatoms. The number of methoxy groups -OCH3 is 3. The summed E-state index contributed by atoms with van der Waals surface area (Å²) in [5, 5.41) is 0. The SMILES string of the molecule is CCN(CC)c1ncc(C(=O)OC)c(OC)c1-c1ccc(OC)cc1. The molecule has 0 amide bonds. The van der Waals surface area contributed by atoms with Crippen molar-refractivity contribution in [2.75, 3.05) is 39.3 Å². The second-order valence-corrected chi connectivity index (χ2v) is 5.30. The molecule has 1 heterocycles. The fourth-order valence-electron chi connectivity index (χ4n) is 2.73. The van der Waals surface area contributed by atoms with E-state index in [0.29, 0.717) is 11.3 Å². The van der Waals surface area contributed by atoms with Crippen LogP contribution >= 0.6 is 0 Å². The summed E-state index contributed by atoms with van der Waals surface area (Å²) in [6, 6.07) is 7.58. The Kier molecular flexibility index (Phi) is 6.22. The third kappa shape index (κ3) is 3.68. The van der Waals surface area contributed by atoms with Crippen LogP contribution in [0.2, 0.25) is 0 Å². The number of ether oxygens (including phenoxy) is 3. The number of esters is 1. The van der Waals surface area contributed by atoms with Gasteiger partial charge in [-0.1, -0.05) is 12.1 Å². The molecule has 0 saturated carbocycles. The molecule has 0 aliphatic heterocycles. The Bertz CT molecular complexity index is 725. The van der Waals surface area contributed by atoms with E-state index in [-0.39, 0.29) is 0 Å². The fourth-order valence-corrected chi connectivity index (χ4v) is 2.73. The molecule has 0 saturated heterocycles. The minimum atomic E-state index is -0.481. The normalized spacial score (nSPS) is 10.3. The number of aromatic nitrogens is 1. The molecule has 2 aromatic rings. The largest absolute Gasteiger partial charge is 0.497 e. The average molecular weight is 344 g/mol. The van der Waals surface area contributed by atoms with Crippen LogP contribution in [-0.2, 0) is 4.74 Å². The minimum Gasteiger partial charge on any atom is -0.497 e. The Hall–Kier alpha value is -2.76. The van der Waals surface area contributed by atoms with Crippen molar-refractivity contribution in [1.29, 1.82) is 0 Å². The van der Waals surface area contributed by atoms with Gasteiger partial charge in [-0.25, -0.2) is 9.78 Å². The predicted octanol–water partition coefficient (Wildman–Crippen LogP) is 3.40. The lowest BCUT2D eigenvalue weighted by Crippen LogP contribution is -2.24. The molecule has 0 aliphatic carbocycles. The van der Waals surface area contributed by atoms with Crippen LogP contribution in [0, 0.1) is 0 Å². The molecule has 6 nitrogen and oxygen atoms in total. The predicted molar refractivity (Wildman–Crippen MR) is 97.7 cm³/mol. The summed E-state index contributed by atoms with van der Waals surface area (Å²) in [5.41, 5.74) is 1.95. The standard InChI is InChI=1S/C19H24N2O4/c1-6-21(7-2)18-16(13-8-10-14(23-3)11-9-13)17(24-4)15(12-20-18)19(22)25-5/h8-12H,6-7H2,1-5H3. The summed E-state index contributed by atoms with van der Waals surface area (Å²) in [4.78, 5) is 18.8. The highest BCUT2D eigenvalue weighted by atomic mass is 16.5. The van der Waals surface area contributed by atoms with Crippen LogP contribution in [0.1, 0.15) is 24.2 Å². The molecule has 1 aromatic heterocycles. The van der Waals surface area contributed by atoms with Crippen molar-refractivity contribution in [3.8, 4) is 22.6 Å². The summed E-state index contributed by atoms with van der Waals surface area (Å²) < 4.78 is 15.7. The van der Waals surface area contributed by atoms with E-state index in [2.05, 4.69) is 23.7 Å². The van der Waals surface area contributed by atoms with Crippen molar-refractivity contribution in [2.45, 2.75) is 13.8 Å². The van der Waals surface area contributed by atoms with Gasteiger partial charge in [-0.15, -0.1) is 0 Å². The van der Waals surface area contributed by atoms with Crippen LogP contribution in [-0.4, -0.2) is 45.4 Å². The van der Waals surface area contributed by atoms with Crippen LogP contribution in [0.25, 0.3) is 11.1 Å². The van der Waals surface area contributed by atoms with Gasteiger partial charge in [-0.3, -0.25) is 0 Å². The number of benzene rings is 1. The monoisotopic (exact) mass is 344 g/mol. The first-order chi connectivity index (χ1) is 12.1. The third-order valence-corrected chi connectivity index (χ3v) is 4.06. The van der Waals surface area contributed by atoms with Crippen LogP contribution in [0.15, 0.2) is 30.5 Å². The maximum Gasteiger partial charge on any atom is 0.343 e. The molecular weight excluding hydrogens is 320 g/mol. The number of anilines is 1. The van der Waals surface area contributed by atoms with E-state index < -0.39 is 5.97 Å². The molecule has 134 valence electrons. The first-order valence-corrected chi connectivity index (χ1v) is 8.15. The van der Waals surface area contributed by atoms with Gasteiger partial charge >= 0.3 is 5.97 Å². The number of pyridine rings is 1. The molecule has 0 unspecified atom stereocenters. The van der Waals surface area contributed by atoms with Gasteiger partial charge in [-0.05, 0) is 31.5 Å². The zero-order chi connectivity index (χ0) is 18.4. The van der Waals surface area contributed by atoms with Gasteiger partial charge in [-0.2, -0.15) is 0 Å². The summed E-state index contributed by atoms with van der Waals surface area (Å²) in [7, 11) is 4.50. The average Bonchev–Trinajstić information content (AvgIpc) is 2.67. The van der Waals surface area contributed by atoms with Gasteiger partial charge in [0.05, 0.1) is 26.9 Å². The van der Waals surface area contributed by atoms with Crippen LogP contribution in [0.3, 0.4) is 0 Å². The molecule has 1 aromatic carbocycles. The number of nitrogens with zero attached hydrogens (tertiary/aromatic N) is 2. The molecule has 0 aliphatic rings. The van der Waals surface area contributed by atoms with E-state index in [9.17, 15) is 4.79 Å².